The maximum Gasteiger partial charge on any atom is 0.0992 e. The highest BCUT2D eigenvalue weighted by Gasteiger charge is 2.13. The molecule has 0 bridgehead atoms. The van der Waals surface area contributed by atoms with E-state index in [0.29, 0.717) is 11.5 Å². The molecule has 2 rings (SSSR count). The smallest absolute Gasteiger partial charge is 0.0992 e. The van der Waals surface area contributed by atoms with E-state index < -0.39 is 0 Å². The standard InChI is InChI=1S/C17H17BrN2/c1-20(17-9-5-6-14(10-17)12-19)13-16(11-18)15-7-3-2-4-8-15/h2-10,16H,11,13H2,1H3. The van der Waals surface area contributed by atoms with Gasteiger partial charge in [-0.15, -0.1) is 0 Å². The molecule has 0 heterocycles. The van der Waals surface area contributed by atoms with E-state index in [-0.39, 0.29) is 0 Å². The number of hydrogen-bond acceptors (Lipinski definition) is 2. The molecule has 0 N–H and O–H groups in total. The zero-order valence-corrected chi connectivity index (χ0v) is 13.0. The number of anilines is 1. The monoisotopic (exact) mass is 328 g/mol. The highest BCUT2D eigenvalue weighted by Crippen LogP contribution is 2.22. The Balaban J connectivity index is 2.13. The van der Waals surface area contributed by atoms with E-state index in [1.165, 1.54) is 5.56 Å². The van der Waals surface area contributed by atoms with E-state index >= 15 is 0 Å². The maximum absolute atomic E-state index is 8.97. The molecule has 0 radical (unpaired) electrons. The Morgan fingerprint density at radius 1 is 1.15 bits per heavy atom. The molecule has 0 aromatic heterocycles. The van der Waals surface area contributed by atoms with E-state index in [1.54, 1.807) is 0 Å². The van der Waals surface area contributed by atoms with Crippen LogP contribution in [0.5, 0.6) is 0 Å². The summed E-state index contributed by atoms with van der Waals surface area (Å²) in [6.07, 6.45) is 0. The molecule has 0 aliphatic heterocycles. The van der Waals surface area contributed by atoms with Gasteiger partial charge in [0.15, 0.2) is 0 Å². The SMILES string of the molecule is CN(CC(CBr)c1ccccc1)c1cccc(C#N)c1. The van der Waals surface area contributed by atoms with E-state index in [0.717, 1.165) is 17.6 Å². The summed E-state index contributed by atoms with van der Waals surface area (Å²) in [7, 11) is 2.06. The predicted molar refractivity (Wildman–Crippen MR) is 87.4 cm³/mol. The Kier molecular flexibility index (Phi) is 5.20. The molecule has 0 saturated heterocycles. The van der Waals surface area contributed by atoms with E-state index in [2.05, 4.69) is 58.2 Å². The van der Waals surface area contributed by atoms with Gasteiger partial charge < -0.3 is 4.90 Å². The van der Waals surface area contributed by atoms with Gasteiger partial charge in [-0.2, -0.15) is 5.26 Å². The molecule has 0 amide bonds. The van der Waals surface area contributed by atoms with Crippen LogP contribution in [0.4, 0.5) is 5.69 Å². The highest BCUT2D eigenvalue weighted by molar-refractivity contribution is 9.09. The lowest BCUT2D eigenvalue weighted by Gasteiger charge is -2.25. The second-order valence-corrected chi connectivity index (χ2v) is 5.45. The molecule has 3 heteroatoms. The average molecular weight is 329 g/mol. The number of rotatable bonds is 5. The first-order valence-electron chi connectivity index (χ1n) is 6.57. The van der Waals surface area contributed by atoms with Gasteiger partial charge in [0.2, 0.25) is 0 Å². The Bertz CT molecular complexity index is 589. The zero-order valence-electron chi connectivity index (χ0n) is 11.5. The van der Waals surface area contributed by atoms with Crippen molar-refractivity contribution in [3.8, 4) is 6.07 Å². The van der Waals surface area contributed by atoms with Crippen molar-refractivity contribution < 1.29 is 0 Å². The molecule has 20 heavy (non-hydrogen) atoms. The third-order valence-corrected chi connectivity index (χ3v) is 4.15. The van der Waals surface area contributed by atoms with E-state index in [4.69, 9.17) is 5.26 Å². The minimum Gasteiger partial charge on any atom is -0.374 e. The van der Waals surface area contributed by atoms with Crippen LogP contribution >= 0.6 is 15.9 Å². The number of benzene rings is 2. The van der Waals surface area contributed by atoms with Crippen molar-refractivity contribution in [1.29, 1.82) is 5.26 Å². The van der Waals surface area contributed by atoms with Crippen LogP contribution in [0.15, 0.2) is 54.6 Å². The summed E-state index contributed by atoms with van der Waals surface area (Å²) in [5.74, 6) is 0.423. The molecule has 0 aliphatic carbocycles. The predicted octanol–water partition coefficient (Wildman–Crippen LogP) is 4.17. The summed E-state index contributed by atoms with van der Waals surface area (Å²) in [6, 6.07) is 20.4. The van der Waals surface area contributed by atoms with Crippen molar-refractivity contribution >= 4 is 21.6 Å². The van der Waals surface area contributed by atoms with Crippen molar-refractivity contribution in [3.05, 3.63) is 65.7 Å². The summed E-state index contributed by atoms with van der Waals surface area (Å²) in [6.45, 7) is 0.907. The molecule has 0 aliphatic rings. The Morgan fingerprint density at radius 3 is 2.55 bits per heavy atom. The summed E-state index contributed by atoms with van der Waals surface area (Å²) >= 11 is 3.60. The van der Waals surface area contributed by atoms with Gasteiger partial charge in [0.1, 0.15) is 0 Å². The molecule has 2 nitrogen and oxygen atoms in total. The summed E-state index contributed by atoms with van der Waals surface area (Å²) < 4.78 is 0. The lowest BCUT2D eigenvalue weighted by atomic mass is 10.0. The Morgan fingerprint density at radius 2 is 1.90 bits per heavy atom. The number of nitrogens with zero attached hydrogens (tertiary/aromatic N) is 2. The van der Waals surface area contributed by atoms with Gasteiger partial charge in [0.25, 0.3) is 0 Å². The number of halogens is 1. The molecule has 102 valence electrons. The molecule has 2 aromatic rings. The van der Waals surface area contributed by atoms with Crippen LogP contribution in [0, 0.1) is 11.3 Å². The van der Waals surface area contributed by atoms with Crippen molar-refractivity contribution in [2.45, 2.75) is 5.92 Å². The number of nitriles is 1. The lowest BCUT2D eigenvalue weighted by Crippen LogP contribution is -2.25. The molecule has 0 saturated carbocycles. The fourth-order valence-corrected chi connectivity index (χ4v) is 2.80. The second kappa shape index (κ2) is 7.12. The normalized spacial score (nSPS) is 11.7. The highest BCUT2D eigenvalue weighted by atomic mass is 79.9. The van der Waals surface area contributed by atoms with Crippen LogP contribution in [0.25, 0.3) is 0 Å². The molecule has 1 unspecified atom stereocenters. The first kappa shape index (κ1) is 14.6. The van der Waals surface area contributed by atoms with Crippen LogP contribution in [-0.4, -0.2) is 18.9 Å². The van der Waals surface area contributed by atoms with Crippen molar-refractivity contribution in [1.82, 2.24) is 0 Å². The van der Waals surface area contributed by atoms with Gasteiger partial charge in [-0.3, -0.25) is 0 Å². The molecule has 1 atom stereocenters. The Labute approximate surface area is 128 Å². The minimum atomic E-state index is 0.423. The van der Waals surface area contributed by atoms with Gasteiger partial charge in [0.05, 0.1) is 11.6 Å². The first-order chi connectivity index (χ1) is 9.74. The largest absolute Gasteiger partial charge is 0.374 e. The Hall–Kier alpha value is -1.79. The average Bonchev–Trinajstić information content (AvgIpc) is 2.53. The third kappa shape index (κ3) is 3.61. The zero-order chi connectivity index (χ0) is 14.4. The van der Waals surface area contributed by atoms with E-state index in [9.17, 15) is 0 Å². The van der Waals surface area contributed by atoms with Crippen molar-refractivity contribution in [2.24, 2.45) is 0 Å². The molecular weight excluding hydrogens is 312 g/mol. The molecule has 0 spiro atoms. The van der Waals surface area contributed by atoms with Crippen molar-refractivity contribution in [3.63, 3.8) is 0 Å². The van der Waals surface area contributed by atoms with E-state index in [1.807, 2.05) is 30.3 Å². The summed E-state index contributed by atoms with van der Waals surface area (Å²) in [5, 5.41) is 9.89. The van der Waals surface area contributed by atoms with Gasteiger partial charge in [-0.05, 0) is 23.8 Å². The van der Waals surface area contributed by atoms with Crippen LogP contribution < -0.4 is 4.90 Å². The van der Waals surface area contributed by atoms with Crippen molar-refractivity contribution in [2.75, 3.05) is 23.8 Å². The minimum absolute atomic E-state index is 0.423. The fourth-order valence-electron chi connectivity index (χ4n) is 2.22. The van der Waals surface area contributed by atoms with Gasteiger partial charge >= 0.3 is 0 Å². The van der Waals surface area contributed by atoms with Gasteiger partial charge in [-0.25, -0.2) is 0 Å². The number of likely N-dealkylation sites (N-methyl/N-ethyl adjacent to an activating group) is 1. The second-order valence-electron chi connectivity index (χ2n) is 4.80. The lowest BCUT2D eigenvalue weighted by molar-refractivity contribution is 0.747. The maximum atomic E-state index is 8.97. The number of alkyl halides is 1. The fraction of sp³-hybridized carbons (Fsp3) is 0.235. The third-order valence-electron chi connectivity index (χ3n) is 3.37. The summed E-state index contributed by atoms with van der Waals surface area (Å²) in [5.41, 5.74) is 3.10. The van der Waals surface area contributed by atoms with Crippen LogP contribution in [0.3, 0.4) is 0 Å². The van der Waals surface area contributed by atoms with Crippen LogP contribution in [-0.2, 0) is 0 Å². The first-order valence-corrected chi connectivity index (χ1v) is 7.69. The van der Waals surface area contributed by atoms with Crippen LogP contribution in [0.2, 0.25) is 0 Å². The molecule has 0 fully saturated rings. The van der Waals surface area contributed by atoms with Gasteiger partial charge in [-0.1, -0.05) is 52.3 Å². The van der Waals surface area contributed by atoms with Gasteiger partial charge in [0, 0.05) is 30.5 Å². The number of hydrogen-bond donors (Lipinski definition) is 0. The van der Waals surface area contributed by atoms with Crippen LogP contribution in [0.1, 0.15) is 17.0 Å². The molecule has 2 aromatic carbocycles. The topological polar surface area (TPSA) is 27.0 Å². The summed E-state index contributed by atoms with van der Waals surface area (Å²) in [4.78, 5) is 2.19. The molecular formula is C17H17BrN2. The quantitative estimate of drug-likeness (QED) is 0.770.